The molecule has 19 heavy (non-hydrogen) atoms. The van der Waals surface area contributed by atoms with Gasteiger partial charge in [0.25, 0.3) is 0 Å². The van der Waals surface area contributed by atoms with Gasteiger partial charge >= 0.3 is 5.97 Å². The molecule has 0 unspecified atom stereocenters. The second-order valence-electron chi connectivity index (χ2n) is 6.67. The normalized spacial score (nSPS) is 27.7. The zero-order valence-electron chi connectivity index (χ0n) is 12.7. The van der Waals surface area contributed by atoms with Crippen LogP contribution >= 0.6 is 0 Å². The summed E-state index contributed by atoms with van der Waals surface area (Å²) >= 11 is 0. The fourth-order valence-electron chi connectivity index (χ4n) is 2.36. The van der Waals surface area contributed by atoms with Gasteiger partial charge in [0.05, 0.1) is 12.0 Å². The van der Waals surface area contributed by atoms with Crippen molar-refractivity contribution in [3.63, 3.8) is 0 Å². The predicted octanol–water partition coefficient (Wildman–Crippen LogP) is 3.38. The Kier molecular flexibility index (Phi) is 4.62. The van der Waals surface area contributed by atoms with E-state index in [0.29, 0.717) is 6.42 Å². The second-order valence-corrected chi connectivity index (χ2v) is 6.67. The summed E-state index contributed by atoms with van der Waals surface area (Å²) < 4.78 is 5.30. The van der Waals surface area contributed by atoms with E-state index in [4.69, 9.17) is 4.74 Å². The molecule has 0 aliphatic heterocycles. The molecule has 0 amide bonds. The number of hydrogen-bond donors (Lipinski definition) is 1. The van der Waals surface area contributed by atoms with E-state index in [-0.39, 0.29) is 18.3 Å². The Hall–Kier alpha value is -1.09. The zero-order valence-corrected chi connectivity index (χ0v) is 12.7. The third-order valence-corrected chi connectivity index (χ3v) is 3.58. The highest BCUT2D eigenvalue weighted by Crippen LogP contribution is 2.38. The van der Waals surface area contributed by atoms with Gasteiger partial charge in [0.2, 0.25) is 0 Å². The first-order valence-electron chi connectivity index (χ1n) is 6.80. The van der Waals surface area contributed by atoms with Crippen LogP contribution in [0.15, 0.2) is 23.8 Å². The van der Waals surface area contributed by atoms with Crippen molar-refractivity contribution in [3.05, 3.63) is 23.8 Å². The van der Waals surface area contributed by atoms with Crippen molar-refractivity contribution in [3.8, 4) is 0 Å². The summed E-state index contributed by atoms with van der Waals surface area (Å²) in [5.74, 6) is -0.124. The number of rotatable bonds is 3. The average molecular weight is 266 g/mol. The maximum atomic E-state index is 11.9. The topological polar surface area (TPSA) is 46.5 Å². The average Bonchev–Trinajstić information content (AvgIpc) is 2.18. The molecular formula is C16H26O3. The quantitative estimate of drug-likeness (QED) is 0.629. The molecule has 0 saturated heterocycles. The van der Waals surface area contributed by atoms with E-state index < -0.39 is 11.2 Å². The molecule has 0 spiro atoms. The third-order valence-electron chi connectivity index (χ3n) is 3.58. The fourth-order valence-corrected chi connectivity index (χ4v) is 2.36. The molecule has 0 radical (unpaired) electrons. The molecule has 0 aromatic carbocycles. The van der Waals surface area contributed by atoms with Crippen molar-refractivity contribution in [2.75, 3.05) is 0 Å². The standard InChI is InChI=1S/C16H26O3/c1-11(2)13-8-7-12(3)16(18,9-13)10-14(17)19-15(4,5)6/h7,13,18H,1,8-10H2,2-6H3/t13-,16+/m0/s1. The zero-order chi connectivity index (χ0) is 14.8. The van der Waals surface area contributed by atoms with Crippen molar-refractivity contribution in [2.45, 2.75) is 65.1 Å². The van der Waals surface area contributed by atoms with Crippen LogP contribution in [0.4, 0.5) is 0 Å². The van der Waals surface area contributed by atoms with E-state index >= 15 is 0 Å². The van der Waals surface area contributed by atoms with Crippen LogP contribution in [0.2, 0.25) is 0 Å². The molecule has 0 heterocycles. The maximum Gasteiger partial charge on any atom is 0.309 e. The molecule has 1 aliphatic carbocycles. The monoisotopic (exact) mass is 266 g/mol. The first-order chi connectivity index (χ1) is 8.53. The Bertz CT molecular complexity index is 401. The maximum absolute atomic E-state index is 11.9. The first kappa shape index (κ1) is 16.0. The van der Waals surface area contributed by atoms with Crippen LogP contribution in [-0.2, 0) is 9.53 Å². The summed E-state index contributed by atoms with van der Waals surface area (Å²) in [7, 11) is 0. The molecule has 0 saturated carbocycles. The van der Waals surface area contributed by atoms with Crippen LogP contribution in [0.5, 0.6) is 0 Å². The van der Waals surface area contributed by atoms with Gasteiger partial charge in [-0.25, -0.2) is 0 Å². The lowest BCUT2D eigenvalue weighted by Gasteiger charge is -2.37. The lowest BCUT2D eigenvalue weighted by molar-refractivity contribution is -0.159. The number of carbonyl (C=O) groups excluding carboxylic acids is 1. The Morgan fingerprint density at radius 2 is 2.16 bits per heavy atom. The van der Waals surface area contributed by atoms with Gasteiger partial charge < -0.3 is 9.84 Å². The summed E-state index contributed by atoms with van der Waals surface area (Å²) in [5, 5.41) is 10.7. The van der Waals surface area contributed by atoms with Crippen molar-refractivity contribution in [1.82, 2.24) is 0 Å². The molecule has 2 atom stereocenters. The molecule has 0 aromatic heterocycles. The smallest absolute Gasteiger partial charge is 0.309 e. The lowest BCUT2D eigenvalue weighted by atomic mass is 9.74. The van der Waals surface area contributed by atoms with Crippen molar-refractivity contribution in [1.29, 1.82) is 0 Å². The summed E-state index contributed by atoms with van der Waals surface area (Å²) in [5.41, 5.74) is 0.291. The van der Waals surface area contributed by atoms with Crippen LogP contribution in [0.25, 0.3) is 0 Å². The van der Waals surface area contributed by atoms with Crippen LogP contribution in [0.3, 0.4) is 0 Å². The van der Waals surface area contributed by atoms with Crippen LogP contribution in [0.1, 0.15) is 53.9 Å². The minimum absolute atomic E-state index is 0.0103. The molecule has 3 nitrogen and oxygen atoms in total. The second kappa shape index (κ2) is 5.49. The Labute approximate surface area is 116 Å². The van der Waals surface area contributed by atoms with E-state index in [0.717, 1.165) is 17.6 Å². The highest BCUT2D eigenvalue weighted by Gasteiger charge is 2.38. The highest BCUT2D eigenvalue weighted by atomic mass is 16.6. The van der Waals surface area contributed by atoms with Crippen molar-refractivity contribution < 1.29 is 14.6 Å². The van der Waals surface area contributed by atoms with Gasteiger partial charge in [0.15, 0.2) is 0 Å². The molecular weight excluding hydrogens is 240 g/mol. The van der Waals surface area contributed by atoms with E-state index in [1.807, 2.05) is 40.7 Å². The van der Waals surface area contributed by atoms with Gasteiger partial charge in [-0.2, -0.15) is 0 Å². The van der Waals surface area contributed by atoms with E-state index in [9.17, 15) is 9.90 Å². The van der Waals surface area contributed by atoms with Gasteiger partial charge in [0, 0.05) is 0 Å². The number of aliphatic hydroxyl groups is 1. The highest BCUT2D eigenvalue weighted by molar-refractivity contribution is 5.72. The summed E-state index contributed by atoms with van der Waals surface area (Å²) in [6.07, 6.45) is 3.45. The Balaban J connectivity index is 2.79. The summed E-state index contributed by atoms with van der Waals surface area (Å²) in [6, 6.07) is 0. The molecule has 1 aliphatic rings. The predicted molar refractivity (Wildman–Crippen MR) is 76.7 cm³/mol. The molecule has 1 N–H and O–H groups in total. The van der Waals surface area contributed by atoms with Crippen molar-refractivity contribution in [2.24, 2.45) is 5.92 Å². The number of carbonyl (C=O) groups is 1. The van der Waals surface area contributed by atoms with E-state index in [1.165, 1.54) is 0 Å². The van der Waals surface area contributed by atoms with E-state index in [1.54, 1.807) is 0 Å². The largest absolute Gasteiger partial charge is 0.460 e. The van der Waals surface area contributed by atoms with E-state index in [2.05, 4.69) is 6.58 Å². The van der Waals surface area contributed by atoms with Gasteiger partial charge in [-0.3, -0.25) is 4.79 Å². The van der Waals surface area contributed by atoms with Crippen molar-refractivity contribution >= 4 is 5.97 Å². The van der Waals surface area contributed by atoms with Crippen LogP contribution in [0, 0.1) is 5.92 Å². The Morgan fingerprint density at radius 1 is 1.58 bits per heavy atom. The molecule has 108 valence electrons. The van der Waals surface area contributed by atoms with Gasteiger partial charge in [-0.05, 0) is 59.0 Å². The molecule has 3 heteroatoms. The molecule has 0 bridgehead atoms. The Morgan fingerprint density at radius 3 is 2.63 bits per heavy atom. The van der Waals surface area contributed by atoms with Gasteiger partial charge in [-0.15, -0.1) is 0 Å². The number of hydrogen-bond acceptors (Lipinski definition) is 3. The number of allylic oxidation sites excluding steroid dienone is 2. The fraction of sp³-hybridized carbons (Fsp3) is 0.688. The lowest BCUT2D eigenvalue weighted by Crippen LogP contribution is -2.40. The minimum Gasteiger partial charge on any atom is -0.460 e. The number of esters is 1. The summed E-state index contributed by atoms with van der Waals surface area (Å²) in [4.78, 5) is 11.9. The minimum atomic E-state index is -1.09. The van der Waals surface area contributed by atoms with Gasteiger partial charge in [0.1, 0.15) is 5.60 Å². The third kappa shape index (κ3) is 4.50. The molecule has 0 aromatic rings. The molecule has 1 rings (SSSR count). The summed E-state index contributed by atoms with van der Waals surface area (Å²) in [6.45, 7) is 13.3. The first-order valence-corrected chi connectivity index (χ1v) is 6.80. The number of ether oxygens (including phenoxy) is 1. The van der Waals surface area contributed by atoms with Gasteiger partial charge in [-0.1, -0.05) is 18.2 Å². The molecule has 0 fully saturated rings. The van der Waals surface area contributed by atoms with Crippen LogP contribution < -0.4 is 0 Å². The SMILES string of the molecule is C=C(C)[C@H]1CC=C(C)[C@](O)(CC(=O)OC(C)(C)C)C1. The van der Waals surface area contributed by atoms with Crippen LogP contribution in [-0.4, -0.2) is 22.3 Å².